The van der Waals surface area contributed by atoms with Gasteiger partial charge in [0.25, 0.3) is 5.89 Å². The fraction of sp³-hybridized carbons (Fsp3) is 0.458. The maximum Gasteiger partial charge on any atom is 0.277 e. The Labute approximate surface area is 204 Å². The Hall–Kier alpha value is -3.57. The van der Waals surface area contributed by atoms with E-state index in [1.165, 1.54) is 0 Å². The maximum absolute atomic E-state index is 11.1. The summed E-state index contributed by atoms with van der Waals surface area (Å²) in [6.07, 6.45) is -0.917. The summed E-state index contributed by atoms with van der Waals surface area (Å²) in [5.41, 5.74) is 3.74. The van der Waals surface area contributed by atoms with Crippen LogP contribution in [0, 0.1) is 26.7 Å². The fourth-order valence-corrected chi connectivity index (χ4v) is 3.33. The van der Waals surface area contributed by atoms with Crippen LogP contribution in [-0.4, -0.2) is 68.6 Å². The van der Waals surface area contributed by atoms with Gasteiger partial charge in [-0.2, -0.15) is 4.98 Å². The van der Waals surface area contributed by atoms with Crippen LogP contribution >= 0.6 is 0 Å². The van der Waals surface area contributed by atoms with Crippen LogP contribution in [0.4, 0.5) is 5.95 Å². The molecule has 11 heteroatoms. The average molecular weight is 485 g/mol. The van der Waals surface area contributed by atoms with Crippen LogP contribution in [0.5, 0.6) is 5.75 Å². The number of aromatic nitrogens is 4. The molecule has 0 aliphatic heterocycles. The Morgan fingerprint density at radius 3 is 2.46 bits per heavy atom. The highest BCUT2D eigenvalue weighted by Gasteiger charge is 2.17. The Bertz CT molecular complexity index is 1140. The number of ether oxygens (including phenoxy) is 1. The molecule has 35 heavy (non-hydrogen) atoms. The zero-order valence-electron chi connectivity index (χ0n) is 20.6. The molecule has 1 amide bonds. The first-order valence-electron chi connectivity index (χ1n) is 11.4. The number of carbonyl (C=O) groups excluding carboxylic acids is 1. The van der Waals surface area contributed by atoms with E-state index in [1.54, 1.807) is 6.07 Å². The van der Waals surface area contributed by atoms with Gasteiger partial charge in [0.05, 0.1) is 0 Å². The molecular formula is C24H32N6O5. The minimum absolute atomic E-state index is 0.0145. The lowest BCUT2D eigenvalue weighted by Crippen LogP contribution is -2.36. The van der Waals surface area contributed by atoms with Gasteiger partial charge in [-0.3, -0.25) is 4.79 Å². The number of aliphatic hydroxyl groups excluding tert-OH is 2. The van der Waals surface area contributed by atoms with Crippen LogP contribution in [0.25, 0.3) is 23.0 Å². The predicted octanol–water partition coefficient (Wildman–Crippen LogP) is 2.03. The minimum Gasteiger partial charge on any atom is -0.490 e. The van der Waals surface area contributed by atoms with Crippen LogP contribution in [0.1, 0.15) is 30.7 Å². The van der Waals surface area contributed by atoms with Gasteiger partial charge in [0.2, 0.25) is 17.7 Å². The lowest BCUT2D eigenvalue weighted by atomic mass is 10.1. The van der Waals surface area contributed by atoms with Gasteiger partial charge in [-0.1, -0.05) is 19.0 Å². The van der Waals surface area contributed by atoms with Crippen molar-refractivity contribution in [3.8, 4) is 28.7 Å². The maximum atomic E-state index is 11.1. The van der Waals surface area contributed by atoms with Crippen molar-refractivity contribution in [1.29, 1.82) is 0 Å². The second kappa shape index (κ2) is 11.7. The fourth-order valence-electron chi connectivity index (χ4n) is 3.33. The molecule has 4 N–H and O–H groups in total. The van der Waals surface area contributed by atoms with Crippen molar-refractivity contribution in [3.63, 3.8) is 0 Å². The summed E-state index contributed by atoms with van der Waals surface area (Å²) in [6, 6.07) is 5.54. The molecule has 0 bridgehead atoms. The van der Waals surface area contributed by atoms with E-state index < -0.39 is 18.6 Å². The molecule has 2 aromatic heterocycles. The van der Waals surface area contributed by atoms with Crippen molar-refractivity contribution in [1.82, 2.24) is 25.4 Å². The Morgan fingerprint density at radius 1 is 1.09 bits per heavy atom. The molecule has 188 valence electrons. The molecule has 3 rings (SSSR count). The van der Waals surface area contributed by atoms with E-state index in [0.29, 0.717) is 35.0 Å². The lowest BCUT2D eigenvalue weighted by Gasteiger charge is -2.16. The number of anilines is 1. The molecule has 0 saturated carbocycles. The third-order valence-electron chi connectivity index (χ3n) is 4.98. The third kappa shape index (κ3) is 7.20. The summed E-state index contributed by atoms with van der Waals surface area (Å²) >= 11 is 0. The Balaban J connectivity index is 1.73. The van der Waals surface area contributed by atoms with Crippen molar-refractivity contribution in [2.24, 2.45) is 5.92 Å². The molecule has 11 nitrogen and oxygen atoms in total. The van der Waals surface area contributed by atoms with E-state index in [-0.39, 0.29) is 13.2 Å². The van der Waals surface area contributed by atoms with Crippen LogP contribution in [0.2, 0.25) is 0 Å². The molecule has 2 heterocycles. The van der Waals surface area contributed by atoms with Gasteiger partial charge in [-0.25, -0.2) is 9.97 Å². The van der Waals surface area contributed by atoms with Crippen LogP contribution in [-0.2, 0) is 4.79 Å². The first-order valence-corrected chi connectivity index (χ1v) is 11.4. The zero-order valence-corrected chi connectivity index (χ0v) is 20.6. The van der Waals surface area contributed by atoms with E-state index in [4.69, 9.17) is 14.4 Å². The molecule has 0 spiro atoms. The Morgan fingerprint density at radius 2 is 1.80 bits per heavy atom. The normalized spacial score (nSPS) is 12.0. The number of amides is 1. The van der Waals surface area contributed by atoms with E-state index in [2.05, 4.69) is 44.6 Å². The summed E-state index contributed by atoms with van der Waals surface area (Å²) in [6.45, 7) is 9.95. The zero-order chi connectivity index (χ0) is 25.5. The number of aryl methyl sites for hydroxylation is 3. The van der Waals surface area contributed by atoms with Gasteiger partial charge >= 0.3 is 0 Å². The quantitative estimate of drug-likeness (QED) is 0.318. The standard InChI is InChI=1S/C24H32N6O5/c1-13(2)9-26-24-27-16(5)8-19(28-24)23-29-22(30-35-23)17-6-14(3)21(15(4)7-17)34-12-18(32)10-25-20(33)11-31/h6-8,13,18,31-32H,9-12H2,1-5H3,(H,25,33)(H,26,27,28)/t18-/m1/s1. The minimum atomic E-state index is -0.917. The highest BCUT2D eigenvalue weighted by atomic mass is 16.5. The number of nitrogens with one attached hydrogen (secondary N) is 2. The molecule has 0 unspecified atom stereocenters. The van der Waals surface area contributed by atoms with Crippen molar-refractivity contribution in [3.05, 3.63) is 35.0 Å². The van der Waals surface area contributed by atoms with Crippen molar-refractivity contribution < 1.29 is 24.3 Å². The van der Waals surface area contributed by atoms with Gasteiger partial charge in [0.1, 0.15) is 30.8 Å². The number of benzene rings is 1. The molecule has 0 radical (unpaired) electrons. The largest absolute Gasteiger partial charge is 0.490 e. The van der Waals surface area contributed by atoms with Gasteiger partial charge in [-0.15, -0.1) is 0 Å². The van der Waals surface area contributed by atoms with Crippen molar-refractivity contribution >= 4 is 11.9 Å². The molecule has 3 aromatic rings. The van der Waals surface area contributed by atoms with E-state index in [9.17, 15) is 9.90 Å². The second-order valence-electron chi connectivity index (χ2n) is 8.78. The van der Waals surface area contributed by atoms with Crippen LogP contribution < -0.4 is 15.4 Å². The van der Waals surface area contributed by atoms with Crippen molar-refractivity contribution in [2.75, 3.05) is 31.6 Å². The first kappa shape index (κ1) is 26.0. The van der Waals surface area contributed by atoms with Gasteiger partial charge < -0.3 is 30.1 Å². The summed E-state index contributed by atoms with van der Waals surface area (Å²) in [4.78, 5) is 24.5. The average Bonchev–Trinajstić information content (AvgIpc) is 3.30. The topological polar surface area (TPSA) is 156 Å². The summed E-state index contributed by atoms with van der Waals surface area (Å²) in [5, 5.41) is 28.5. The highest BCUT2D eigenvalue weighted by Crippen LogP contribution is 2.30. The molecule has 0 saturated heterocycles. The second-order valence-corrected chi connectivity index (χ2v) is 8.78. The number of hydrogen-bond acceptors (Lipinski definition) is 10. The molecule has 1 aromatic carbocycles. The Kier molecular flexibility index (Phi) is 8.72. The number of nitrogens with zero attached hydrogens (tertiary/aromatic N) is 4. The summed E-state index contributed by atoms with van der Waals surface area (Å²) < 4.78 is 11.3. The number of hydrogen-bond donors (Lipinski definition) is 4. The predicted molar refractivity (Wildman–Crippen MR) is 130 cm³/mol. The van der Waals surface area contributed by atoms with Gasteiger partial charge in [-0.05, 0) is 56.0 Å². The molecule has 0 aliphatic carbocycles. The number of rotatable bonds is 11. The monoisotopic (exact) mass is 484 g/mol. The van der Waals surface area contributed by atoms with E-state index >= 15 is 0 Å². The number of carbonyl (C=O) groups is 1. The SMILES string of the molecule is Cc1cc(-c2nc(-c3cc(C)c(OC[C@H](O)CNC(=O)CO)c(C)c3)no2)nc(NCC(C)C)n1. The van der Waals surface area contributed by atoms with E-state index in [0.717, 1.165) is 28.9 Å². The molecule has 0 fully saturated rings. The summed E-state index contributed by atoms with van der Waals surface area (Å²) in [5.74, 6) is 1.74. The van der Waals surface area contributed by atoms with E-state index in [1.807, 2.05) is 32.9 Å². The van der Waals surface area contributed by atoms with Gasteiger partial charge in [0, 0.05) is 24.3 Å². The smallest absolute Gasteiger partial charge is 0.277 e. The summed E-state index contributed by atoms with van der Waals surface area (Å²) in [7, 11) is 0. The first-order chi connectivity index (χ1) is 16.7. The third-order valence-corrected chi connectivity index (χ3v) is 4.98. The van der Waals surface area contributed by atoms with Crippen LogP contribution in [0.15, 0.2) is 22.7 Å². The van der Waals surface area contributed by atoms with Crippen molar-refractivity contribution in [2.45, 2.75) is 40.7 Å². The molecule has 1 atom stereocenters. The lowest BCUT2D eigenvalue weighted by molar-refractivity contribution is -0.124. The van der Waals surface area contributed by atoms with Gasteiger partial charge in [0.15, 0.2) is 0 Å². The number of aliphatic hydroxyl groups is 2. The molecular weight excluding hydrogens is 452 g/mol. The molecule has 0 aliphatic rings. The van der Waals surface area contributed by atoms with Crippen LogP contribution in [0.3, 0.4) is 0 Å². The highest BCUT2D eigenvalue weighted by molar-refractivity contribution is 5.76.